The first-order valence-electron chi connectivity index (χ1n) is 5.44. The molecule has 2 aromatic carbocycles. The largest absolute Gasteiger partial charge is 0.293 e. The number of benzene rings is 2. The first-order valence-corrected chi connectivity index (χ1v) is 7.18. The molecular formula is C14H9Cl2FOS. The van der Waals surface area contributed by atoms with Crippen LogP contribution >= 0.6 is 35.0 Å². The second-order valence-electron chi connectivity index (χ2n) is 3.74. The first-order chi connectivity index (χ1) is 9.09. The second kappa shape index (κ2) is 6.42. The summed E-state index contributed by atoms with van der Waals surface area (Å²) in [6.07, 6.45) is 0. The van der Waals surface area contributed by atoms with Gasteiger partial charge in [-0.05, 0) is 24.3 Å². The van der Waals surface area contributed by atoms with E-state index in [0.717, 1.165) is 11.8 Å². The Morgan fingerprint density at radius 1 is 1.11 bits per heavy atom. The van der Waals surface area contributed by atoms with Crippen LogP contribution < -0.4 is 0 Å². The molecule has 0 unspecified atom stereocenters. The Morgan fingerprint density at radius 3 is 2.58 bits per heavy atom. The third kappa shape index (κ3) is 3.50. The number of hydrogen-bond donors (Lipinski definition) is 0. The van der Waals surface area contributed by atoms with Crippen molar-refractivity contribution in [2.24, 2.45) is 0 Å². The molecule has 0 radical (unpaired) electrons. The third-order valence-corrected chi connectivity index (χ3v) is 4.31. The summed E-state index contributed by atoms with van der Waals surface area (Å²) in [5, 5.41) is 0.576. The average Bonchev–Trinajstić information content (AvgIpc) is 2.40. The van der Waals surface area contributed by atoms with E-state index >= 15 is 0 Å². The SMILES string of the molecule is O=C(CSc1ccccc1F)c1cccc(Cl)c1Cl. The van der Waals surface area contributed by atoms with Crippen molar-refractivity contribution in [3.8, 4) is 0 Å². The number of halogens is 3. The predicted molar refractivity (Wildman–Crippen MR) is 77.9 cm³/mol. The van der Waals surface area contributed by atoms with Crippen LogP contribution in [0.4, 0.5) is 4.39 Å². The minimum absolute atomic E-state index is 0.112. The zero-order chi connectivity index (χ0) is 13.8. The Balaban J connectivity index is 2.10. The van der Waals surface area contributed by atoms with Gasteiger partial charge in [-0.1, -0.05) is 41.4 Å². The van der Waals surface area contributed by atoms with Crippen LogP contribution in [0.15, 0.2) is 47.4 Å². The first kappa shape index (κ1) is 14.4. The van der Waals surface area contributed by atoms with Gasteiger partial charge in [-0.3, -0.25) is 4.79 Å². The van der Waals surface area contributed by atoms with Gasteiger partial charge in [0.25, 0.3) is 0 Å². The Kier molecular flexibility index (Phi) is 4.86. The van der Waals surface area contributed by atoms with Gasteiger partial charge in [0.2, 0.25) is 0 Å². The van der Waals surface area contributed by atoms with Gasteiger partial charge in [-0.2, -0.15) is 0 Å². The maximum Gasteiger partial charge on any atom is 0.174 e. The maximum absolute atomic E-state index is 13.4. The molecule has 0 heterocycles. The van der Waals surface area contributed by atoms with E-state index < -0.39 is 0 Å². The quantitative estimate of drug-likeness (QED) is 0.576. The van der Waals surface area contributed by atoms with Crippen LogP contribution in [-0.2, 0) is 0 Å². The van der Waals surface area contributed by atoms with Crippen molar-refractivity contribution in [3.63, 3.8) is 0 Å². The number of thioether (sulfide) groups is 1. The zero-order valence-corrected chi connectivity index (χ0v) is 12.0. The molecule has 98 valence electrons. The fraction of sp³-hybridized carbons (Fsp3) is 0.0714. The van der Waals surface area contributed by atoms with Crippen LogP contribution in [0.2, 0.25) is 10.0 Å². The molecule has 5 heteroatoms. The molecule has 0 saturated heterocycles. The van der Waals surface area contributed by atoms with Gasteiger partial charge in [0.15, 0.2) is 5.78 Å². The van der Waals surface area contributed by atoms with Gasteiger partial charge in [-0.25, -0.2) is 4.39 Å². The molecule has 0 amide bonds. The molecule has 0 aliphatic heterocycles. The average molecular weight is 315 g/mol. The molecule has 0 atom stereocenters. The van der Waals surface area contributed by atoms with E-state index in [4.69, 9.17) is 23.2 Å². The highest BCUT2D eigenvalue weighted by Gasteiger charge is 2.13. The van der Waals surface area contributed by atoms with E-state index in [2.05, 4.69) is 0 Å². The molecule has 19 heavy (non-hydrogen) atoms. The van der Waals surface area contributed by atoms with Gasteiger partial charge < -0.3 is 0 Å². The summed E-state index contributed by atoms with van der Waals surface area (Å²) in [7, 11) is 0. The monoisotopic (exact) mass is 314 g/mol. The summed E-state index contributed by atoms with van der Waals surface area (Å²) >= 11 is 13.0. The van der Waals surface area contributed by atoms with Crippen molar-refractivity contribution in [1.82, 2.24) is 0 Å². The minimum Gasteiger partial charge on any atom is -0.293 e. The van der Waals surface area contributed by atoms with Gasteiger partial charge >= 0.3 is 0 Å². The van der Waals surface area contributed by atoms with E-state index in [0.29, 0.717) is 15.5 Å². The number of carbonyl (C=O) groups excluding carboxylic acids is 1. The van der Waals surface area contributed by atoms with Crippen LogP contribution in [0.5, 0.6) is 0 Å². The van der Waals surface area contributed by atoms with Crippen LogP contribution in [0.3, 0.4) is 0 Å². The smallest absolute Gasteiger partial charge is 0.174 e. The minimum atomic E-state index is -0.336. The number of Topliss-reactive ketones (excluding diaryl/α,β-unsaturated/α-hetero) is 1. The third-order valence-electron chi connectivity index (χ3n) is 2.45. The molecule has 0 saturated carbocycles. The van der Waals surface area contributed by atoms with Gasteiger partial charge in [0, 0.05) is 10.5 Å². The number of ketones is 1. The highest BCUT2D eigenvalue weighted by molar-refractivity contribution is 8.00. The van der Waals surface area contributed by atoms with Gasteiger partial charge in [0.05, 0.1) is 15.8 Å². The van der Waals surface area contributed by atoms with Gasteiger partial charge in [-0.15, -0.1) is 11.8 Å². The molecule has 0 fully saturated rings. The fourth-order valence-electron chi connectivity index (χ4n) is 1.50. The summed E-state index contributed by atoms with van der Waals surface area (Å²) in [6, 6.07) is 11.2. The lowest BCUT2D eigenvalue weighted by molar-refractivity contribution is 0.102. The second-order valence-corrected chi connectivity index (χ2v) is 5.55. The lowest BCUT2D eigenvalue weighted by Gasteiger charge is -2.05. The molecule has 0 aliphatic carbocycles. The summed E-state index contributed by atoms with van der Waals surface area (Å²) in [5.41, 5.74) is 0.359. The van der Waals surface area contributed by atoms with Crippen LogP contribution in [-0.4, -0.2) is 11.5 Å². The standard InChI is InChI=1S/C14H9Cl2FOS/c15-10-5-3-4-9(14(10)16)12(18)8-19-13-7-2-1-6-11(13)17/h1-7H,8H2. The Morgan fingerprint density at radius 2 is 1.84 bits per heavy atom. The Labute approximate surface area is 124 Å². The van der Waals surface area contributed by atoms with Crippen molar-refractivity contribution in [1.29, 1.82) is 0 Å². The lowest BCUT2D eigenvalue weighted by atomic mass is 10.1. The molecule has 0 aromatic heterocycles. The van der Waals surface area contributed by atoms with Crippen molar-refractivity contribution >= 4 is 40.7 Å². The highest BCUT2D eigenvalue weighted by atomic mass is 35.5. The highest BCUT2D eigenvalue weighted by Crippen LogP contribution is 2.28. The number of hydrogen-bond acceptors (Lipinski definition) is 2. The normalized spacial score (nSPS) is 10.5. The van der Waals surface area contributed by atoms with Crippen molar-refractivity contribution in [2.45, 2.75) is 4.90 Å². The molecule has 2 rings (SSSR count). The van der Waals surface area contributed by atoms with E-state index in [1.165, 1.54) is 6.07 Å². The molecule has 0 spiro atoms. The van der Waals surface area contributed by atoms with E-state index in [-0.39, 0.29) is 22.4 Å². The maximum atomic E-state index is 13.4. The van der Waals surface area contributed by atoms with E-state index in [1.807, 2.05) is 0 Å². The van der Waals surface area contributed by atoms with E-state index in [1.54, 1.807) is 36.4 Å². The molecule has 0 N–H and O–H groups in total. The number of carbonyl (C=O) groups is 1. The Bertz CT molecular complexity index is 616. The van der Waals surface area contributed by atoms with Crippen molar-refractivity contribution in [2.75, 3.05) is 5.75 Å². The van der Waals surface area contributed by atoms with Crippen molar-refractivity contribution < 1.29 is 9.18 Å². The predicted octanol–water partition coefficient (Wildman–Crippen LogP) is 5.11. The van der Waals surface area contributed by atoms with Gasteiger partial charge in [0.1, 0.15) is 5.82 Å². The summed E-state index contributed by atoms with van der Waals surface area (Å²) in [4.78, 5) is 12.5. The summed E-state index contributed by atoms with van der Waals surface area (Å²) < 4.78 is 13.4. The summed E-state index contributed by atoms with van der Waals surface area (Å²) in [5.74, 6) is -0.403. The number of rotatable bonds is 4. The zero-order valence-electron chi connectivity index (χ0n) is 9.70. The lowest BCUT2D eigenvalue weighted by Crippen LogP contribution is -2.03. The fourth-order valence-corrected chi connectivity index (χ4v) is 2.73. The Hall–Kier alpha value is -1.03. The van der Waals surface area contributed by atoms with Crippen molar-refractivity contribution in [3.05, 3.63) is 63.9 Å². The van der Waals surface area contributed by atoms with Crippen LogP contribution in [0, 0.1) is 5.82 Å². The van der Waals surface area contributed by atoms with E-state index in [9.17, 15) is 9.18 Å². The molecule has 0 bridgehead atoms. The molecule has 1 nitrogen and oxygen atoms in total. The topological polar surface area (TPSA) is 17.1 Å². The summed E-state index contributed by atoms with van der Waals surface area (Å²) in [6.45, 7) is 0. The van der Waals surface area contributed by atoms with Crippen LogP contribution in [0.1, 0.15) is 10.4 Å². The molecule has 0 aliphatic rings. The molecule has 2 aromatic rings. The molecular weight excluding hydrogens is 306 g/mol. The van der Waals surface area contributed by atoms with Crippen LogP contribution in [0.25, 0.3) is 0 Å².